The normalized spacial score (nSPS) is 39.9. The van der Waals surface area contributed by atoms with Crippen LogP contribution < -0.4 is 11.1 Å². The minimum atomic E-state index is 0.217. The quantitative estimate of drug-likeness (QED) is 0.760. The summed E-state index contributed by atoms with van der Waals surface area (Å²) in [6.07, 6.45) is 7.15. The lowest BCUT2D eigenvalue weighted by Gasteiger charge is -2.43. The number of nitrogens with two attached hydrogens (primary N) is 1. The molecule has 0 aromatic carbocycles. The first-order valence-electron chi connectivity index (χ1n) is 7.53. The first-order valence-corrected chi connectivity index (χ1v) is 7.53. The van der Waals surface area contributed by atoms with Crippen LogP contribution in [0.15, 0.2) is 0 Å². The Bertz CT molecular complexity index is 308. The number of carbonyl (C=O) groups is 1. The Labute approximate surface area is 109 Å². The van der Waals surface area contributed by atoms with Crippen molar-refractivity contribution >= 4 is 5.91 Å². The summed E-state index contributed by atoms with van der Waals surface area (Å²) in [4.78, 5) is 14.8. The van der Waals surface area contributed by atoms with Gasteiger partial charge in [-0.3, -0.25) is 4.79 Å². The summed E-state index contributed by atoms with van der Waals surface area (Å²) in [5, 5.41) is 3.63. The molecule has 2 saturated heterocycles. The molecule has 0 radical (unpaired) electrons. The number of hydrogen-bond acceptors (Lipinski definition) is 3. The van der Waals surface area contributed by atoms with E-state index in [1.54, 1.807) is 0 Å². The highest BCUT2D eigenvalue weighted by Crippen LogP contribution is 2.33. The predicted octanol–water partition coefficient (Wildman–Crippen LogP) is 0.714. The number of piperidine rings is 1. The summed E-state index contributed by atoms with van der Waals surface area (Å²) in [6.45, 7) is 2.52. The van der Waals surface area contributed by atoms with Gasteiger partial charge in [-0.1, -0.05) is 12.8 Å². The number of hydrogen-bond donors (Lipinski definition) is 2. The number of rotatable bonds is 2. The Morgan fingerprint density at radius 3 is 2.44 bits per heavy atom. The Morgan fingerprint density at radius 1 is 1.11 bits per heavy atom. The lowest BCUT2D eigenvalue weighted by atomic mass is 9.90. The molecule has 2 aliphatic heterocycles. The molecule has 1 saturated carbocycles. The second kappa shape index (κ2) is 5.17. The zero-order chi connectivity index (χ0) is 12.5. The maximum absolute atomic E-state index is 12.6. The fraction of sp³-hybridized carbons (Fsp3) is 0.929. The van der Waals surface area contributed by atoms with E-state index in [4.69, 9.17) is 5.73 Å². The molecule has 2 heterocycles. The van der Waals surface area contributed by atoms with Crippen LogP contribution in [0.4, 0.5) is 0 Å². The van der Waals surface area contributed by atoms with Crippen LogP contribution in [0.1, 0.15) is 38.5 Å². The minimum Gasteiger partial charge on any atom is -0.339 e. The third kappa shape index (κ3) is 2.28. The number of fused-ring (bicyclic) bond motifs is 2. The van der Waals surface area contributed by atoms with Gasteiger partial charge < -0.3 is 16.0 Å². The summed E-state index contributed by atoms with van der Waals surface area (Å²) >= 11 is 0. The van der Waals surface area contributed by atoms with Crippen LogP contribution in [-0.4, -0.2) is 42.5 Å². The van der Waals surface area contributed by atoms with Crippen LogP contribution in [0.5, 0.6) is 0 Å². The highest BCUT2D eigenvalue weighted by Gasteiger charge is 2.38. The van der Waals surface area contributed by atoms with E-state index in [1.807, 2.05) is 0 Å². The molecule has 1 aliphatic carbocycles. The van der Waals surface area contributed by atoms with Crippen molar-refractivity contribution in [3.63, 3.8) is 0 Å². The van der Waals surface area contributed by atoms with Gasteiger partial charge in [-0.25, -0.2) is 0 Å². The first-order chi connectivity index (χ1) is 8.78. The fourth-order valence-corrected chi connectivity index (χ4v) is 4.06. The predicted molar refractivity (Wildman–Crippen MR) is 71.0 cm³/mol. The summed E-state index contributed by atoms with van der Waals surface area (Å²) in [7, 11) is 0. The Kier molecular flexibility index (Phi) is 3.57. The van der Waals surface area contributed by atoms with Crippen LogP contribution in [0.25, 0.3) is 0 Å². The van der Waals surface area contributed by atoms with E-state index in [-0.39, 0.29) is 5.92 Å². The maximum Gasteiger partial charge on any atom is 0.226 e. The van der Waals surface area contributed by atoms with E-state index in [0.717, 1.165) is 25.9 Å². The molecule has 3 rings (SSSR count). The van der Waals surface area contributed by atoms with Crippen LogP contribution in [0.2, 0.25) is 0 Å². The van der Waals surface area contributed by atoms with Crippen molar-refractivity contribution in [1.29, 1.82) is 0 Å². The number of amides is 1. The third-order valence-corrected chi connectivity index (χ3v) is 5.05. The lowest BCUT2D eigenvalue weighted by Crippen LogP contribution is -2.60. The van der Waals surface area contributed by atoms with Gasteiger partial charge in [0, 0.05) is 31.1 Å². The molecule has 0 spiro atoms. The van der Waals surface area contributed by atoms with Crippen molar-refractivity contribution in [3.05, 3.63) is 0 Å². The van der Waals surface area contributed by atoms with Crippen molar-refractivity contribution in [1.82, 2.24) is 10.2 Å². The highest BCUT2D eigenvalue weighted by molar-refractivity contribution is 5.79. The molecule has 4 nitrogen and oxygen atoms in total. The molecule has 4 heteroatoms. The maximum atomic E-state index is 12.6. The Hall–Kier alpha value is -0.610. The van der Waals surface area contributed by atoms with Gasteiger partial charge in [0.15, 0.2) is 0 Å². The number of carbonyl (C=O) groups excluding carboxylic acids is 1. The minimum absolute atomic E-state index is 0.217. The standard InChI is InChI=1S/C14H25N3O/c15-7-10-3-1-6-13(10)14(18)17-8-11-4-2-5-12(9-17)16-11/h10-13,16H,1-9,15H2/t10-,11?,12?,13-/m1/s1. The molecule has 18 heavy (non-hydrogen) atoms. The Balaban J connectivity index is 1.65. The number of piperazine rings is 1. The molecule has 3 fully saturated rings. The first kappa shape index (κ1) is 12.4. The monoisotopic (exact) mass is 251 g/mol. The molecule has 3 N–H and O–H groups in total. The average Bonchev–Trinajstić information content (AvgIpc) is 2.85. The second-order valence-corrected chi connectivity index (χ2v) is 6.27. The van der Waals surface area contributed by atoms with Gasteiger partial charge in [-0.15, -0.1) is 0 Å². The van der Waals surface area contributed by atoms with Gasteiger partial charge in [-0.05, 0) is 38.1 Å². The van der Waals surface area contributed by atoms with Crippen LogP contribution >= 0.6 is 0 Å². The highest BCUT2D eigenvalue weighted by atomic mass is 16.2. The molecular formula is C14H25N3O. The van der Waals surface area contributed by atoms with E-state index >= 15 is 0 Å². The molecule has 2 unspecified atom stereocenters. The smallest absolute Gasteiger partial charge is 0.226 e. The van der Waals surface area contributed by atoms with E-state index in [9.17, 15) is 4.79 Å². The molecular weight excluding hydrogens is 226 g/mol. The van der Waals surface area contributed by atoms with E-state index in [2.05, 4.69) is 10.2 Å². The van der Waals surface area contributed by atoms with Gasteiger partial charge in [0.2, 0.25) is 5.91 Å². The average molecular weight is 251 g/mol. The zero-order valence-corrected chi connectivity index (χ0v) is 11.1. The number of nitrogens with one attached hydrogen (secondary N) is 1. The molecule has 0 aromatic heterocycles. The molecule has 3 aliphatic rings. The summed E-state index contributed by atoms with van der Waals surface area (Å²) < 4.78 is 0. The molecule has 1 amide bonds. The van der Waals surface area contributed by atoms with E-state index in [1.165, 1.54) is 25.7 Å². The number of likely N-dealkylation sites (tertiary alicyclic amines) is 1. The fourth-order valence-electron chi connectivity index (χ4n) is 4.06. The van der Waals surface area contributed by atoms with Gasteiger partial charge >= 0.3 is 0 Å². The van der Waals surface area contributed by atoms with Gasteiger partial charge in [0.1, 0.15) is 0 Å². The summed E-state index contributed by atoms with van der Waals surface area (Å²) in [5.41, 5.74) is 5.80. The molecule has 4 atom stereocenters. The summed E-state index contributed by atoms with van der Waals surface area (Å²) in [6, 6.07) is 1.08. The van der Waals surface area contributed by atoms with E-state index < -0.39 is 0 Å². The van der Waals surface area contributed by atoms with Crippen molar-refractivity contribution in [2.45, 2.75) is 50.6 Å². The zero-order valence-electron chi connectivity index (χ0n) is 11.1. The molecule has 102 valence electrons. The van der Waals surface area contributed by atoms with E-state index in [0.29, 0.717) is 30.5 Å². The van der Waals surface area contributed by atoms with Crippen LogP contribution in [-0.2, 0) is 4.79 Å². The molecule has 2 bridgehead atoms. The van der Waals surface area contributed by atoms with Crippen molar-refractivity contribution in [2.24, 2.45) is 17.6 Å². The van der Waals surface area contributed by atoms with Crippen molar-refractivity contribution in [2.75, 3.05) is 19.6 Å². The van der Waals surface area contributed by atoms with Gasteiger partial charge in [0.25, 0.3) is 0 Å². The van der Waals surface area contributed by atoms with Crippen LogP contribution in [0.3, 0.4) is 0 Å². The van der Waals surface area contributed by atoms with Gasteiger partial charge in [0.05, 0.1) is 0 Å². The van der Waals surface area contributed by atoms with Crippen LogP contribution in [0, 0.1) is 11.8 Å². The topological polar surface area (TPSA) is 58.4 Å². The number of nitrogens with zero attached hydrogens (tertiary/aromatic N) is 1. The second-order valence-electron chi connectivity index (χ2n) is 6.27. The van der Waals surface area contributed by atoms with Gasteiger partial charge in [-0.2, -0.15) is 0 Å². The van der Waals surface area contributed by atoms with Crippen molar-refractivity contribution in [3.8, 4) is 0 Å². The SMILES string of the molecule is NC[C@H]1CCC[C@H]1C(=O)N1CC2CCCC(C1)N2. The Morgan fingerprint density at radius 2 is 1.78 bits per heavy atom. The lowest BCUT2D eigenvalue weighted by molar-refractivity contribution is -0.139. The third-order valence-electron chi connectivity index (χ3n) is 5.05. The molecule has 0 aromatic rings. The van der Waals surface area contributed by atoms with Crippen molar-refractivity contribution < 1.29 is 4.79 Å². The summed E-state index contributed by atoms with van der Waals surface area (Å²) in [5.74, 6) is 1.04. The largest absolute Gasteiger partial charge is 0.339 e.